The minimum Gasteiger partial charge on any atom is -0.423 e. The number of rotatable bonds is 3. The van der Waals surface area contributed by atoms with Crippen LogP contribution in [0.2, 0.25) is 0 Å². The van der Waals surface area contributed by atoms with Gasteiger partial charge in [0.15, 0.2) is 0 Å². The third-order valence-electron chi connectivity index (χ3n) is 2.62. The number of aryl methyl sites for hydroxylation is 1. The third kappa shape index (κ3) is 1.91. The smallest absolute Gasteiger partial charge is 0.336 e. The zero-order valence-corrected chi connectivity index (χ0v) is 9.32. The first-order chi connectivity index (χ1) is 7.74. The van der Waals surface area contributed by atoms with E-state index in [9.17, 15) is 4.79 Å². The molecule has 2 aromatic rings. The van der Waals surface area contributed by atoms with Gasteiger partial charge >= 0.3 is 5.63 Å². The Bertz CT molecular complexity index is 579. The summed E-state index contributed by atoms with van der Waals surface area (Å²) >= 11 is 0. The van der Waals surface area contributed by atoms with E-state index in [4.69, 9.17) is 4.42 Å². The Morgan fingerprint density at radius 2 is 2.19 bits per heavy atom. The largest absolute Gasteiger partial charge is 0.423 e. The van der Waals surface area contributed by atoms with Crippen LogP contribution in [0.4, 0.5) is 0 Å². The van der Waals surface area contributed by atoms with Crippen LogP contribution in [-0.4, -0.2) is 0 Å². The zero-order valence-electron chi connectivity index (χ0n) is 9.32. The van der Waals surface area contributed by atoms with Crippen molar-refractivity contribution < 1.29 is 4.42 Å². The van der Waals surface area contributed by atoms with Crippen molar-refractivity contribution in [1.29, 1.82) is 0 Å². The van der Waals surface area contributed by atoms with E-state index in [1.54, 1.807) is 6.07 Å². The van der Waals surface area contributed by atoms with Crippen LogP contribution in [0.5, 0.6) is 0 Å². The minimum absolute atomic E-state index is 0.304. The quantitative estimate of drug-likeness (QED) is 0.733. The van der Waals surface area contributed by atoms with Gasteiger partial charge in [0, 0.05) is 11.5 Å². The fourth-order valence-electron chi connectivity index (χ4n) is 1.85. The molecule has 0 bridgehead atoms. The average Bonchev–Trinajstić information content (AvgIpc) is 2.28. The molecule has 0 aliphatic rings. The summed E-state index contributed by atoms with van der Waals surface area (Å²) in [6.07, 6.45) is 3.87. The Balaban J connectivity index is 2.70. The van der Waals surface area contributed by atoms with E-state index in [0.29, 0.717) is 5.58 Å². The molecular weight excluding hydrogens is 200 g/mol. The van der Waals surface area contributed by atoms with E-state index in [1.165, 1.54) is 11.6 Å². The van der Waals surface area contributed by atoms with Gasteiger partial charge in [-0.2, -0.15) is 0 Å². The van der Waals surface area contributed by atoms with E-state index in [0.717, 1.165) is 23.8 Å². The highest BCUT2D eigenvalue weighted by Crippen LogP contribution is 2.21. The summed E-state index contributed by atoms with van der Waals surface area (Å²) in [7, 11) is 0. The standard InChI is InChI=1S/C14H14O2/c1-3-5-11-9-13-12(8-10(11)4-2)6-7-14(15)16-13/h4,6-9H,2-3,5H2,1H3. The molecule has 16 heavy (non-hydrogen) atoms. The topological polar surface area (TPSA) is 30.2 Å². The van der Waals surface area contributed by atoms with Crippen LogP contribution in [-0.2, 0) is 6.42 Å². The molecule has 0 amide bonds. The molecule has 0 atom stereocenters. The number of hydrogen-bond acceptors (Lipinski definition) is 2. The molecule has 0 spiro atoms. The first-order valence-corrected chi connectivity index (χ1v) is 5.44. The molecule has 2 rings (SSSR count). The van der Waals surface area contributed by atoms with Crippen molar-refractivity contribution in [2.45, 2.75) is 19.8 Å². The maximum absolute atomic E-state index is 11.1. The molecule has 1 aromatic heterocycles. The van der Waals surface area contributed by atoms with Gasteiger partial charge in [0.05, 0.1) is 0 Å². The number of fused-ring (bicyclic) bond motifs is 1. The Labute approximate surface area is 94.2 Å². The van der Waals surface area contributed by atoms with Crippen LogP contribution >= 0.6 is 0 Å². The molecule has 1 heterocycles. The van der Waals surface area contributed by atoms with E-state index in [1.807, 2.05) is 18.2 Å². The number of hydrogen-bond donors (Lipinski definition) is 0. The number of benzene rings is 1. The summed E-state index contributed by atoms with van der Waals surface area (Å²) < 4.78 is 5.16. The second-order valence-electron chi connectivity index (χ2n) is 3.80. The van der Waals surface area contributed by atoms with Gasteiger partial charge in [-0.05, 0) is 35.7 Å². The lowest BCUT2D eigenvalue weighted by atomic mass is 10.0. The third-order valence-corrected chi connectivity index (χ3v) is 2.62. The Morgan fingerprint density at radius 3 is 2.88 bits per heavy atom. The molecule has 0 aliphatic heterocycles. The van der Waals surface area contributed by atoms with Gasteiger partial charge in [-0.15, -0.1) is 0 Å². The van der Waals surface area contributed by atoms with Gasteiger partial charge in [0.2, 0.25) is 0 Å². The Morgan fingerprint density at radius 1 is 1.38 bits per heavy atom. The minimum atomic E-state index is -0.304. The van der Waals surface area contributed by atoms with E-state index >= 15 is 0 Å². The van der Waals surface area contributed by atoms with Crippen molar-refractivity contribution in [3.8, 4) is 0 Å². The normalized spacial score (nSPS) is 10.6. The summed E-state index contributed by atoms with van der Waals surface area (Å²) in [5.74, 6) is 0. The lowest BCUT2D eigenvalue weighted by Gasteiger charge is -2.06. The van der Waals surface area contributed by atoms with Gasteiger partial charge in [0.25, 0.3) is 0 Å². The highest BCUT2D eigenvalue weighted by atomic mass is 16.4. The van der Waals surface area contributed by atoms with Gasteiger partial charge in [-0.3, -0.25) is 0 Å². The highest BCUT2D eigenvalue weighted by Gasteiger charge is 2.04. The molecule has 0 fully saturated rings. The van der Waals surface area contributed by atoms with Gasteiger partial charge in [-0.1, -0.05) is 26.0 Å². The maximum atomic E-state index is 11.1. The van der Waals surface area contributed by atoms with Gasteiger partial charge < -0.3 is 4.42 Å². The first-order valence-electron chi connectivity index (χ1n) is 5.44. The van der Waals surface area contributed by atoms with Crippen molar-refractivity contribution in [2.24, 2.45) is 0 Å². The molecule has 0 saturated carbocycles. The summed E-state index contributed by atoms with van der Waals surface area (Å²) in [5.41, 5.74) is 2.64. The maximum Gasteiger partial charge on any atom is 0.336 e. The van der Waals surface area contributed by atoms with E-state index in [2.05, 4.69) is 13.5 Å². The molecule has 0 N–H and O–H groups in total. The Kier molecular flexibility index (Phi) is 2.91. The van der Waals surface area contributed by atoms with Crippen molar-refractivity contribution in [2.75, 3.05) is 0 Å². The predicted octanol–water partition coefficient (Wildman–Crippen LogP) is 3.39. The van der Waals surface area contributed by atoms with Crippen molar-refractivity contribution in [3.05, 3.63) is 52.4 Å². The van der Waals surface area contributed by atoms with Crippen molar-refractivity contribution >= 4 is 17.0 Å². The summed E-state index contributed by atoms with van der Waals surface area (Å²) in [4.78, 5) is 11.1. The summed E-state index contributed by atoms with van der Waals surface area (Å²) in [6.45, 7) is 5.93. The second kappa shape index (κ2) is 4.35. The van der Waals surface area contributed by atoms with Gasteiger partial charge in [0.1, 0.15) is 5.58 Å². The molecule has 0 saturated heterocycles. The fraction of sp³-hybridized carbons (Fsp3) is 0.214. The molecule has 2 heteroatoms. The van der Waals surface area contributed by atoms with Crippen LogP contribution in [0.25, 0.3) is 17.0 Å². The molecule has 0 aliphatic carbocycles. The Hall–Kier alpha value is -1.83. The molecule has 1 aromatic carbocycles. The predicted molar refractivity (Wildman–Crippen MR) is 66.6 cm³/mol. The first kappa shape index (κ1) is 10.7. The summed E-state index contributed by atoms with van der Waals surface area (Å²) in [6, 6.07) is 7.17. The van der Waals surface area contributed by atoms with Gasteiger partial charge in [-0.25, -0.2) is 4.79 Å². The van der Waals surface area contributed by atoms with Crippen LogP contribution < -0.4 is 5.63 Å². The molecule has 0 unspecified atom stereocenters. The van der Waals surface area contributed by atoms with Crippen molar-refractivity contribution in [1.82, 2.24) is 0 Å². The van der Waals surface area contributed by atoms with E-state index < -0.39 is 0 Å². The van der Waals surface area contributed by atoms with Crippen LogP contribution in [0, 0.1) is 0 Å². The molecule has 0 radical (unpaired) electrons. The average molecular weight is 214 g/mol. The molecule has 82 valence electrons. The zero-order chi connectivity index (χ0) is 11.5. The summed E-state index contributed by atoms with van der Waals surface area (Å²) in [5, 5.41) is 0.939. The fourth-order valence-corrected chi connectivity index (χ4v) is 1.85. The van der Waals surface area contributed by atoms with Crippen molar-refractivity contribution in [3.63, 3.8) is 0 Å². The lowest BCUT2D eigenvalue weighted by Crippen LogP contribution is -1.96. The van der Waals surface area contributed by atoms with Crippen LogP contribution in [0.15, 0.2) is 40.1 Å². The van der Waals surface area contributed by atoms with E-state index in [-0.39, 0.29) is 5.63 Å². The monoisotopic (exact) mass is 214 g/mol. The highest BCUT2D eigenvalue weighted by molar-refractivity contribution is 5.80. The lowest BCUT2D eigenvalue weighted by molar-refractivity contribution is 0.560. The van der Waals surface area contributed by atoms with Crippen LogP contribution in [0.3, 0.4) is 0 Å². The molecular formula is C14H14O2. The molecule has 2 nitrogen and oxygen atoms in total. The second-order valence-corrected chi connectivity index (χ2v) is 3.80. The SMILES string of the molecule is C=Cc1cc2ccc(=O)oc2cc1CCC. The van der Waals surface area contributed by atoms with Crippen LogP contribution in [0.1, 0.15) is 24.5 Å².